The van der Waals surface area contributed by atoms with Gasteiger partial charge in [-0.05, 0) is 30.5 Å². The van der Waals surface area contributed by atoms with Crippen LogP contribution >= 0.6 is 0 Å². The number of hydrogen-bond donors (Lipinski definition) is 1. The fraction of sp³-hybridized carbons (Fsp3) is 0.571. The van der Waals surface area contributed by atoms with E-state index in [1.807, 2.05) is 20.8 Å². The van der Waals surface area contributed by atoms with Gasteiger partial charge in [0.15, 0.2) is 0 Å². The molecule has 0 saturated carbocycles. The Morgan fingerprint density at radius 2 is 1.79 bits per heavy atom. The van der Waals surface area contributed by atoms with Gasteiger partial charge in [-0.2, -0.15) is 0 Å². The predicted molar refractivity (Wildman–Crippen MR) is 69.1 cm³/mol. The van der Waals surface area contributed by atoms with Crippen LogP contribution in [0.1, 0.15) is 26.3 Å². The summed E-state index contributed by atoms with van der Waals surface area (Å²) in [5.41, 5.74) is 0.581. The van der Waals surface area contributed by atoms with Gasteiger partial charge in [-0.1, -0.05) is 39.0 Å². The van der Waals surface area contributed by atoms with E-state index in [2.05, 4.69) is 10.1 Å². The van der Waals surface area contributed by atoms with E-state index in [0.29, 0.717) is 18.0 Å². The molecule has 0 aromatic heterocycles. The molecule has 0 radical (unpaired) electrons. The lowest BCUT2D eigenvalue weighted by Crippen LogP contribution is -2.28. The first-order valence-electron chi connectivity index (χ1n) is 6.35. The molecule has 19 heavy (non-hydrogen) atoms. The van der Waals surface area contributed by atoms with Crippen molar-refractivity contribution in [3.8, 4) is 5.75 Å². The molecular formula is C14H20F3NO. The van der Waals surface area contributed by atoms with Crippen molar-refractivity contribution in [1.29, 1.82) is 0 Å². The first-order valence-corrected chi connectivity index (χ1v) is 6.35. The fourth-order valence-electron chi connectivity index (χ4n) is 1.78. The standard InChI is InChI=1S/C14H20F3NO/c1-10(2)18-9-11(3)8-12-6-4-5-7-13(12)19-14(15,16)17/h4-7,10-11,18H,8-9H2,1-3H3. The van der Waals surface area contributed by atoms with Crippen molar-refractivity contribution in [2.24, 2.45) is 5.92 Å². The largest absolute Gasteiger partial charge is 0.573 e. The molecule has 0 aliphatic carbocycles. The summed E-state index contributed by atoms with van der Waals surface area (Å²) in [6, 6.07) is 6.66. The maximum atomic E-state index is 12.3. The number of alkyl halides is 3. The minimum absolute atomic E-state index is 0.105. The number of para-hydroxylation sites is 1. The fourth-order valence-corrected chi connectivity index (χ4v) is 1.78. The molecule has 1 atom stereocenters. The Morgan fingerprint density at radius 1 is 1.16 bits per heavy atom. The summed E-state index contributed by atoms with van der Waals surface area (Å²) in [4.78, 5) is 0. The van der Waals surface area contributed by atoms with E-state index in [4.69, 9.17) is 0 Å². The zero-order valence-electron chi connectivity index (χ0n) is 11.4. The summed E-state index contributed by atoms with van der Waals surface area (Å²) < 4.78 is 40.9. The Bertz CT molecular complexity index is 391. The number of hydrogen-bond acceptors (Lipinski definition) is 2. The first-order chi connectivity index (χ1) is 8.78. The quantitative estimate of drug-likeness (QED) is 0.853. The summed E-state index contributed by atoms with van der Waals surface area (Å²) in [5.74, 6) is 0.131. The van der Waals surface area contributed by atoms with E-state index in [9.17, 15) is 13.2 Å². The molecule has 0 saturated heterocycles. The number of rotatable bonds is 6. The lowest BCUT2D eigenvalue weighted by atomic mass is 10.00. The van der Waals surface area contributed by atoms with Gasteiger partial charge in [-0.15, -0.1) is 13.2 Å². The van der Waals surface area contributed by atoms with Crippen molar-refractivity contribution in [2.45, 2.75) is 39.6 Å². The molecular weight excluding hydrogens is 255 g/mol. The van der Waals surface area contributed by atoms with Crippen LogP contribution in [0.5, 0.6) is 5.75 Å². The van der Waals surface area contributed by atoms with Crippen LogP contribution in [-0.2, 0) is 6.42 Å². The van der Waals surface area contributed by atoms with E-state index >= 15 is 0 Å². The maximum absolute atomic E-state index is 12.3. The number of nitrogens with one attached hydrogen (secondary N) is 1. The molecule has 5 heteroatoms. The molecule has 0 aliphatic heterocycles. The predicted octanol–water partition coefficient (Wildman–Crippen LogP) is 3.76. The van der Waals surface area contributed by atoms with Gasteiger partial charge in [0.05, 0.1) is 0 Å². The third kappa shape index (κ3) is 6.47. The van der Waals surface area contributed by atoms with Gasteiger partial charge in [-0.25, -0.2) is 0 Å². The smallest absolute Gasteiger partial charge is 0.406 e. The van der Waals surface area contributed by atoms with Crippen LogP contribution in [0.3, 0.4) is 0 Å². The third-order valence-electron chi connectivity index (χ3n) is 2.64. The van der Waals surface area contributed by atoms with Gasteiger partial charge in [0.2, 0.25) is 0 Å². The van der Waals surface area contributed by atoms with E-state index < -0.39 is 6.36 Å². The highest BCUT2D eigenvalue weighted by Gasteiger charge is 2.32. The molecule has 1 rings (SSSR count). The summed E-state index contributed by atoms with van der Waals surface area (Å²) in [6.45, 7) is 6.83. The van der Waals surface area contributed by atoms with Gasteiger partial charge in [0.25, 0.3) is 0 Å². The van der Waals surface area contributed by atoms with Crippen LogP contribution in [0.25, 0.3) is 0 Å². The topological polar surface area (TPSA) is 21.3 Å². The van der Waals surface area contributed by atoms with Crippen molar-refractivity contribution < 1.29 is 17.9 Å². The summed E-state index contributed by atoms with van der Waals surface area (Å²) in [5, 5.41) is 3.27. The Morgan fingerprint density at radius 3 is 2.37 bits per heavy atom. The van der Waals surface area contributed by atoms with Crippen LogP contribution in [0, 0.1) is 5.92 Å². The second kappa shape index (κ2) is 6.80. The zero-order valence-corrected chi connectivity index (χ0v) is 11.4. The van der Waals surface area contributed by atoms with E-state index in [1.165, 1.54) is 6.07 Å². The Hall–Kier alpha value is -1.23. The van der Waals surface area contributed by atoms with Gasteiger partial charge < -0.3 is 10.1 Å². The molecule has 0 amide bonds. The van der Waals surface area contributed by atoms with Crippen molar-refractivity contribution in [1.82, 2.24) is 5.32 Å². The number of halogens is 3. The second-order valence-corrected chi connectivity index (χ2v) is 5.03. The molecule has 1 aromatic rings. The molecule has 2 nitrogen and oxygen atoms in total. The molecule has 0 spiro atoms. The highest BCUT2D eigenvalue weighted by atomic mass is 19.4. The van der Waals surface area contributed by atoms with Crippen LogP contribution in [0.4, 0.5) is 13.2 Å². The highest BCUT2D eigenvalue weighted by molar-refractivity contribution is 5.33. The monoisotopic (exact) mass is 275 g/mol. The molecule has 0 bridgehead atoms. The number of benzene rings is 1. The van der Waals surface area contributed by atoms with Crippen LogP contribution in [-0.4, -0.2) is 18.9 Å². The number of ether oxygens (including phenoxy) is 1. The SMILES string of the molecule is CC(CNC(C)C)Cc1ccccc1OC(F)(F)F. The first kappa shape index (κ1) is 15.8. The van der Waals surface area contributed by atoms with E-state index in [-0.39, 0.29) is 11.7 Å². The van der Waals surface area contributed by atoms with Gasteiger partial charge in [-0.3, -0.25) is 0 Å². The van der Waals surface area contributed by atoms with Crippen LogP contribution in [0.2, 0.25) is 0 Å². The molecule has 1 aromatic carbocycles. The Labute approximate surface area is 112 Å². The molecule has 108 valence electrons. The van der Waals surface area contributed by atoms with E-state index in [1.54, 1.807) is 18.2 Å². The van der Waals surface area contributed by atoms with Gasteiger partial charge in [0.1, 0.15) is 5.75 Å². The minimum atomic E-state index is -4.64. The summed E-state index contributed by atoms with van der Waals surface area (Å²) in [6.07, 6.45) is -4.10. The Kier molecular flexibility index (Phi) is 5.66. The van der Waals surface area contributed by atoms with E-state index in [0.717, 1.165) is 6.54 Å². The third-order valence-corrected chi connectivity index (χ3v) is 2.64. The summed E-state index contributed by atoms with van der Waals surface area (Å²) in [7, 11) is 0. The second-order valence-electron chi connectivity index (χ2n) is 5.03. The Balaban J connectivity index is 2.67. The van der Waals surface area contributed by atoms with Crippen molar-refractivity contribution >= 4 is 0 Å². The van der Waals surface area contributed by atoms with Crippen molar-refractivity contribution in [3.63, 3.8) is 0 Å². The average molecular weight is 275 g/mol. The van der Waals surface area contributed by atoms with Crippen molar-refractivity contribution in [2.75, 3.05) is 6.54 Å². The normalized spacial score (nSPS) is 13.6. The maximum Gasteiger partial charge on any atom is 0.573 e. The van der Waals surface area contributed by atoms with Crippen LogP contribution in [0.15, 0.2) is 24.3 Å². The molecule has 0 aliphatic rings. The average Bonchev–Trinajstić information content (AvgIpc) is 2.27. The molecule has 1 unspecified atom stereocenters. The molecule has 0 heterocycles. The van der Waals surface area contributed by atoms with Gasteiger partial charge in [0, 0.05) is 6.04 Å². The highest BCUT2D eigenvalue weighted by Crippen LogP contribution is 2.27. The van der Waals surface area contributed by atoms with Gasteiger partial charge >= 0.3 is 6.36 Å². The summed E-state index contributed by atoms with van der Waals surface area (Å²) >= 11 is 0. The molecule has 1 N–H and O–H groups in total. The van der Waals surface area contributed by atoms with Crippen molar-refractivity contribution in [3.05, 3.63) is 29.8 Å². The lowest BCUT2D eigenvalue weighted by molar-refractivity contribution is -0.274. The lowest BCUT2D eigenvalue weighted by Gasteiger charge is -2.17. The van der Waals surface area contributed by atoms with Crippen LogP contribution < -0.4 is 10.1 Å². The zero-order chi connectivity index (χ0) is 14.5. The minimum Gasteiger partial charge on any atom is -0.406 e. The molecule has 0 fully saturated rings.